The van der Waals surface area contributed by atoms with E-state index >= 15 is 0 Å². The molecule has 0 aliphatic rings. The van der Waals surface area contributed by atoms with Gasteiger partial charge in [-0.15, -0.1) is 0 Å². The maximum absolute atomic E-state index is 13.3. The Balaban J connectivity index is 1.53. The second-order valence-corrected chi connectivity index (χ2v) is 6.31. The van der Waals surface area contributed by atoms with Gasteiger partial charge < -0.3 is 20.4 Å². The topological polar surface area (TPSA) is 61.4 Å². The number of aromatic nitrogens is 1. The van der Waals surface area contributed by atoms with Gasteiger partial charge in [0.2, 0.25) is 0 Å². The smallest absolute Gasteiger partial charge is 0.191 e. The number of fused-ring (bicyclic) bond motifs is 1. The van der Waals surface area contributed by atoms with Crippen molar-refractivity contribution in [1.82, 2.24) is 15.6 Å². The van der Waals surface area contributed by atoms with Gasteiger partial charge in [-0.1, -0.05) is 24.3 Å². The molecular weight excluding hydrogens is 343 g/mol. The molecule has 1 heterocycles. The minimum atomic E-state index is -0.229. The molecule has 3 rings (SSSR count). The number of nitrogens with one attached hydrogen (secondary N) is 3. The zero-order valence-electron chi connectivity index (χ0n) is 15.7. The van der Waals surface area contributed by atoms with E-state index in [0.717, 1.165) is 41.0 Å². The zero-order valence-corrected chi connectivity index (χ0v) is 15.7. The van der Waals surface area contributed by atoms with Crippen molar-refractivity contribution in [3.8, 4) is 0 Å². The number of rotatable bonds is 7. The Bertz CT molecular complexity index is 919. The maximum Gasteiger partial charge on any atom is 0.191 e. The van der Waals surface area contributed by atoms with E-state index in [0.29, 0.717) is 13.2 Å². The number of benzene rings is 2. The summed E-state index contributed by atoms with van der Waals surface area (Å²) in [5, 5.41) is 7.71. The first-order valence-electron chi connectivity index (χ1n) is 8.97. The minimum absolute atomic E-state index is 0.229. The summed E-state index contributed by atoms with van der Waals surface area (Å²) in [7, 11) is 3.45. The average Bonchev–Trinajstić information content (AvgIpc) is 3.07. The fourth-order valence-electron chi connectivity index (χ4n) is 3.11. The number of ether oxygens (including phenoxy) is 1. The fourth-order valence-corrected chi connectivity index (χ4v) is 3.11. The minimum Gasteiger partial charge on any atom is -0.380 e. The first kappa shape index (κ1) is 18.9. The number of nitrogens with zero attached hydrogens (tertiary/aromatic N) is 1. The lowest BCUT2D eigenvalue weighted by Gasteiger charge is -2.14. The Hall–Kier alpha value is -2.86. The summed E-state index contributed by atoms with van der Waals surface area (Å²) in [5.74, 6) is 0.514. The van der Waals surface area contributed by atoms with Crippen molar-refractivity contribution in [1.29, 1.82) is 0 Å². The van der Waals surface area contributed by atoms with Gasteiger partial charge in [0.15, 0.2) is 5.96 Å². The highest BCUT2D eigenvalue weighted by Crippen LogP contribution is 2.19. The van der Waals surface area contributed by atoms with E-state index < -0.39 is 0 Å². The van der Waals surface area contributed by atoms with Crippen LogP contribution in [-0.2, 0) is 24.3 Å². The highest BCUT2D eigenvalue weighted by molar-refractivity contribution is 5.83. The van der Waals surface area contributed by atoms with Gasteiger partial charge in [-0.25, -0.2) is 4.39 Å². The van der Waals surface area contributed by atoms with Crippen LogP contribution in [-0.4, -0.2) is 31.6 Å². The number of H-pyrrole nitrogens is 1. The van der Waals surface area contributed by atoms with Crippen molar-refractivity contribution in [2.45, 2.75) is 19.6 Å². The molecule has 0 spiro atoms. The molecule has 0 bridgehead atoms. The molecule has 6 heteroatoms. The van der Waals surface area contributed by atoms with Crippen LogP contribution in [0.2, 0.25) is 0 Å². The van der Waals surface area contributed by atoms with Gasteiger partial charge in [0, 0.05) is 44.3 Å². The molecule has 0 radical (unpaired) electrons. The number of hydrogen-bond acceptors (Lipinski definition) is 2. The molecule has 0 saturated carbocycles. The van der Waals surface area contributed by atoms with Crippen molar-refractivity contribution in [2.75, 3.05) is 20.7 Å². The van der Waals surface area contributed by atoms with Gasteiger partial charge in [-0.05, 0) is 41.3 Å². The Labute approximate surface area is 158 Å². The maximum atomic E-state index is 13.3. The van der Waals surface area contributed by atoms with E-state index in [1.165, 1.54) is 17.7 Å². The van der Waals surface area contributed by atoms with Crippen LogP contribution in [0.5, 0.6) is 0 Å². The molecule has 0 aliphatic heterocycles. The number of hydrogen-bond donors (Lipinski definition) is 3. The Morgan fingerprint density at radius 1 is 1.11 bits per heavy atom. The normalized spacial score (nSPS) is 11.7. The van der Waals surface area contributed by atoms with E-state index in [2.05, 4.69) is 32.7 Å². The molecular formula is C21H25FN4O. The third-order valence-corrected chi connectivity index (χ3v) is 4.50. The van der Waals surface area contributed by atoms with Gasteiger partial charge in [0.25, 0.3) is 0 Å². The highest BCUT2D eigenvalue weighted by atomic mass is 19.1. The van der Waals surface area contributed by atoms with Crippen LogP contribution in [0.15, 0.2) is 53.7 Å². The lowest BCUT2D eigenvalue weighted by Crippen LogP contribution is -2.38. The van der Waals surface area contributed by atoms with Gasteiger partial charge >= 0.3 is 0 Å². The van der Waals surface area contributed by atoms with Crippen LogP contribution in [0, 0.1) is 5.82 Å². The van der Waals surface area contributed by atoms with Crippen LogP contribution in [0.3, 0.4) is 0 Å². The summed E-state index contributed by atoms with van der Waals surface area (Å²) >= 11 is 0. The summed E-state index contributed by atoms with van der Waals surface area (Å²) in [5.41, 5.74) is 4.32. The predicted octanol–water partition coefficient (Wildman–Crippen LogP) is 3.36. The van der Waals surface area contributed by atoms with Gasteiger partial charge in [-0.2, -0.15) is 0 Å². The van der Waals surface area contributed by atoms with E-state index in [4.69, 9.17) is 4.74 Å². The monoisotopic (exact) mass is 368 g/mol. The fraction of sp³-hybridized carbons (Fsp3) is 0.286. The number of aliphatic imine (C=N–C) groups is 1. The largest absolute Gasteiger partial charge is 0.380 e. The van der Waals surface area contributed by atoms with Crippen LogP contribution in [0.4, 0.5) is 4.39 Å². The van der Waals surface area contributed by atoms with Crippen molar-refractivity contribution in [2.24, 2.45) is 4.99 Å². The molecule has 1 aromatic heterocycles. The molecule has 0 fully saturated rings. The Kier molecular flexibility index (Phi) is 6.44. The van der Waals surface area contributed by atoms with Crippen molar-refractivity contribution in [3.63, 3.8) is 0 Å². The van der Waals surface area contributed by atoms with Crippen molar-refractivity contribution in [3.05, 3.63) is 71.2 Å². The zero-order chi connectivity index (χ0) is 19.1. The summed E-state index contributed by atoms with van der Waals surface area (Å²) in [6, 6.07) is 13.0. The standard InChI is InChI=1S/C21H25FN4O/c1-23-21(26-12-15-5-3-4-6-17(15)14-27-2)24-10-9-16-13-25-20-11-18(22)7-8-19(16)20/h3-8,11,13,25H,9-10,12,14H2,1-2H3,(H2,23,24,26). The predicted molar refractivity (Wildman–Crippen MR) is 107 cm³/mol. The van der Waals surface area contributed by atoms with E-state index in [-0.39, 0.29) is 5.82 Å². The molecule has 5 nitrogen and oxygen atoms in total. The van der Waals surface area contributed by atoms with Crippen LogP contribution in [0.1, 0.15) is 16.7 Å². The van der Waals surface area contributed by atoms with E-state index in [9.17, 15) is 4.39 Å². The molecule has 142 valence electrons. The SMILES string of the molecule is CN=C(NCCc1c[nH]c2cc(F)ccc12)NCc1ccccc1COC. The van der Waals surface area contributed by atoms with Gasteiger partial charge in [-0.3, -0.25) is 4.99 Å². The Morgan fingerprint density at radius 2 is 1.93 bits per heavy atom. The lowest BCUT2D eigenvalue weighted by molar-refractivity contribution is 0.184. The number of halogens is 1. The summed E-state index contributed by atoms with van der Waals surface area (Å²) in [4.78, 5) is 7.40. The molecule has 3 aromatic rings. The third kappa shape index (κ3) is 4.86. The first-order chi connectivity index (χ1) is 13.2. The molecule has 0 saturated heterocycles. The second-order valence-electron chi connectivity index (χ2n) is 6.31. The van der Waals surface area contributed by atoms with Crippen LogP contribution in [0.25, 0.3) is 10.9 Å². The second kappa shape index (κ2) is 9.19. The summed E-state index contributed by atoms with van der Waals surface area (Å²) in [6.07, 6.45) is 2.75. The molecule has 27 heavy (non-hydrogen) atoms. The third-order valence-electron chi connectivity index (χ3n) is 4.50. The number of aromatic amines is 1. The molecule has 3 N–H and O–H groups in total. The quantitative estimate of drug-likeness (QED) is 0.443. The van der Waals surface area contributed by atoms with E-state index in [1.807, 2.05) is 24.4 Å². The Morgan fingerprint density at radius 3 is 2.70 bits per heavy atom. The first-order valence-corrected chi connectivity index (χ1v) is 8.97. The summed E-state index contributed by atoms with van der Waals surface area (Å²) < 4.78 is 18.5. The van der Waals surface area contributed by atoms with Crippen molar-refractivity contribution < 1.29 is 9.13 Å². The van der Waals surface area contributed by atoms with Gasteiger partial charge in [0.1, 0.15) is 5.82 Å². The lowest BCUT2D eigenvalue weighted by atomic mass is 10.1. The van der Waals surface area contributed by atoms with Crippen LogP contribution < -0.4 is 10.6 Å². The molecule has 0 unspecified atom stereocenters. The number of methoxy groups -OCH3 is 1. The van der Waals surface area contributed by atoms with Crippen LogP contribution >= 0.6 is 0 Å². The van der Waals surface area contributed by atoms with E-state index in [1.54, 1.807) is 14.2 Å². The molecule has 2 aromatic carbocycles. The molecule has 0 atom stereocenters. The number of guanidine groups is 1. The average molecular weight is 368 g/mol. The van der Waals surface area contributed by atoms with Crippen molar-refractivity contribution >= 4 is 16.9 Å². The molecule has 0 amide bonds. The highest BCUT2D eigenvalue weighted by Gasteiger charge is 2.06. The summed E-state index contributed by atoms with van der Waals surface area (Å²) in [6.45, 7) is 1.99. The van der Waals surface area contributed by atoms with Gasteiger partial charge in [0.05, 0.1) is 6.61 Å². The molecule has 0 aliphatic carbocycles.